The summed E-state index contributed by atoms with van der Waals surface area (Å²) in [6.45, 7) is 3.28. The summed E-state index contributed by atoms with van der Waals surface area (Å²) in [7, 11) is 1.52. The molecule has 2 rings (SSSR count). The zero-order chi connectivity index (χ0) is 22.2. The van der Waals surface area contributed by atoms with Crippen molar-refractivity contribution in [3.8, 4) is 0 Å². The molecule has 0 saturated heterocycles. The van der Waals surface area contributed by atoms with Crippen LogP contribution in [-0.4, -0.2) is 37.4 Å². The number of alkyl halides is 3. The average molecular weight is 459 g/mol. The van der Waals surface area contributed by atoms with E-state index in [0.29, 0.717) is 12.8 Å². The highest BCUT2D eigenvalue weighted by Gasteiger charge is 2.52. The van der Waals surface area contributed by atoms with Gasteiger partial charge in [0, 0.05) is 30.5 Å². The van der Waals surface area contributed by atoms with Crippen LogP contribution in [0.25, 0.3) is 0 Å². The van der Waals surface area contributed by atoms with Gasteiger partial charge in [-0.1, -0.05) is 29.6 Å². The molecule has 2 atom stereocenters. The Morgan fingerprint density at radius 1 is 1.17 bits per heavy atom. The van der Waals surface area contributed by atoms with Crippen LogP contribution in [0, 0.1) is 0 Å². The molecule has 2 unspecified atom stereocenters. The molecule has 29 heavy (non-hydrogen) atoms. The van der Waals surface area contributed by atoms with Crippen molar-refractivity contribution in [2.45, 2.75) is 57.4 Å². The van der Waals surface area contributed by atoms with Gasteiger partial charge in [-0.05, 0) is 38.0 Å². The number of ether oxygens (including phenoxy) is 3. The Kier molecular flexibility index (Phi) is 9.71. The van der Waals surface area contributed by atoms with Crippen molar-refractivity contribution in [1.82, 2.24) is 0 Å². The quantitative estimate of drug-likeness (QED) is 0.561. The number of rotatable bonds is 4. The summed E-state index contributed by atoms with van der Waals surface area (Å²) in [6.07, 6.45) is -1.87. The fourth-order valence-electron chi connectivity index (χ4n) is 3.04. The van der Waals surface area contributed by atoms with Crippen LogP contribution < -0.4 is 0 Å². The van der Waals surface area contributed by atoms with Crippen molar-refractivity contribution in [1.29, 1.82) is 0 Å². The lowest BCUT2D eigenvalue weighted by Gasteiger charge is -2.39. The second kappa shape index (κ2) is 11.0. The van der Waals surface area contributed by atoms with Crippen molar-refractivity contribution in [2.75, 3.05) is 13.7 Å². The van der Waals surface area contributed by atoms with Gasteiger partial charge in [0.2, 0.25) is 5.60 Å². The van der Waals surface area contributed by atoms with Gasteiger partial charge < -0.3 is 14.2 Å². The molecule has 1 aliphatic rings. The van der Waals surface area contributed by atoms with Crippen molar-refractivity contribution in [2.24, 2.45) is 0 Å². The Balaban J connectivity index is 0.000000308. The molecule has 10 heteroatoms. The Morgan fingerprint density at radius 2 is 1.76 bits per heavy atom. The summed E-state index contributed by atoms with van der Waals surface area (Å²) < 4.78 is 51.7. The van der Waals surface area contributed by atoms with Gasteiger partial charge in [-0.2, -0.15) is 13.2 Å². The molecule has 0 heterocycles. The minimum absolute atomic E-state index is 0.0187. The molecule has 1 saturated carbocycles. The highest BCUT2D eigenvalue weighted by atomic mass is 35.5. The molecule has 0 spiro atoms. The molecule has 0 aliphatic heterocycles. The highest BCUT2D eigenvalue weighted by molar-refractivity contribution is 6.34. The smallest absolute Gasteiger partial charge is 0.416 e. The topological polar surface area (TPSA) is 61.8 Å². The summed E-state index contributed by atoms with van der Waals surface area (Å²) in [5.74, 6) is -0.983. The molecule has 0 amide bonds. The molecule has 1 fully saturated rings. The van der Waals surface area contributed by atoms with Gasteiger partial charge in [0.25, 0.3) is 0 Å². The molecule has 5 nitrogen and oxygen atoms in total. The van der Waals surface area contributed by atoms with Crippen molar-refractivity contribution in [3.05, 3.63) is 33.8 Å². The van der Waals surface area contributed by atoms with Crippen LogP contribution >= 0.6 is 23.2 Å². The lowest BCUT2D eigenvalue weighted by molar-refractivity contribution is -0.203. The fourth-order valence-corrected chi connectivity index (χ4v) is 3.56. The molecular weight excluding hydrogens is 436 g/mol. The molecule has 1 aromatic rings. The van der Waals surface area contributed by atoms with E-state index >= 15 is 0 Å². The third-order valence-corrected chi connectivity index (χ3v) is 4.64. The molecule has 0 aromatic heterocycles. The van der Waals surface area contributed by atoms with Crippen LogP contribution in [0.2, 0.25) is 10.0 Å². The number of esters is 2. The van der Waals surface area contributed by atoms with Crippen LogP contribution in [0.1, 0.15) is 45.1 Å². The number of hydrogen-bond donors (Lipinski definition) is 0. The Labute approximate surface area is 177 Å². The van der Waals surface area contributed by atoms with Gasteiger partial charge in [-0.15, -0.1) is 0 Å². The van der Waals surface area contributed by atoms with E-state index < -0.39 is 35.4 Å². The molecule has 0 bridgehead atoms. The second-order valence-corrected chi connectivity index (χ2v) is 7.20. The summed E-state index contributed by atoms with van der Waals surface area (Å²) >= 11 is 10.7. The number of carbonyl (C=O) groups excluding carboxylic acids is 2. The fraction of sp³-hybridized carbons (Fsp3) is 0.579. The van der Waals surface area contributed by atoms with E-state index in [0.717, 1.165) is 25.0 Å². The maximum atomic E-state index is 12.0. The first kappa shape index (κ1) is 25.5. The van der Waals surface area contributed by atoms with E-state index in [4.69, 9.17) is 37.4 Å². The lowest BCUT2D eigenvalue weighted by atomic mass is 9.81. The predicted octanol–water partition coefficient (Wildman–Crippen LogP) is 5.45. The summed E-state index contributed by atoms with van der Waals surface area (Å²) in [4.78, 5) is 23.2. The van der Waals surface area contributed by atoms with Crippen molar-refractivity contribution >= 4 is 35.1 Å². The first-order chi connectivity index (χ1) is 13.5. The normalized spacial score (nSPS) is 21.6. The molecule has 0 N–H and O–H groups in total. The molecule has 1 aliphatic carbocycles. The largest absolute Gasteiger partial charge is 0.463 e. The minimum Gasteiger partial charge on any atom is -0.463 e. The maximum Gasteiger partial charge on any atom is 0.416 e. The molecule has 0 radical (unpaired) electrons. The second-order valence-electron chi connectivity index (χ2n) is 6.33. The van der Waals surface area contributed by atoms with Gasteiger partial charge in [0.15, 0.2) is 0 Å². The third-order valence-electron chi connectivity index (χ3n) is 4.21. The van der Waals surface area contributed by atoms with Crippen molar-refractivity contribution < 1.29 is 37.0 Å². The first-order valence-electron chi connectivity index (χ1n) is 8.89. The maximum absolute atomic E-state index is 12.0. The van der Waals surface area contributed by atoms with Crippen LogP contribution in [0.5, 0.6) is 0 Å². The van der Waals surface area contributed by atoms with E-state index in [-0.39, 0.29) is 16.7 Å². The summed E-state index contributed by atoms with van der Waals surface area (Å²) in [5.41, 5.74) is -2.09. The Morgan fingerprint density at radius 3 is 2.21 bits per heavy atom. The van der Waals surface area contributed by atoms with E-state index in [2.05, 4.69) is 0 Å². The van der Waals surface area contributed by atoms with E-state index in [1.54, 1.807) is 6.92 Å². The van der Waals surface area contributed by atoms with Crippen molar-refractivity contribution in [3.63, 3.8) is 0 Å². The van der Waals surface area contributed by atoms with Crippen LogP contribution in [0.15, 0.2) is 18.2 Å². The van der Waals surface area contributed by atoms with Crippen LogP contribution in [-0.2, 0) is 30.0 Å². The zero-order valence-electron chi connectivity index (χ0n) is 16.3. The minimum atomic E-state index is -4.39. The Hall–Kier alpha value is -1.51. The van der Waals surface area contributed by atoms with E-state index in [1.165, 1.54) is 20.1 Å². The zero-order valence-corrected chi connectivity index (χ0v) is 17.8. The highest BCUT2D eigenvalue weighted by Crippen LogP contribution is 2.35. The third kappa shape index (κ3) is 7.35. The van der Waals surface area contributed by atoms with Gasteiger partial charge in [0.1, 0.15) is 6.10 Å². The van der Waals surface area contributed by atoms with Gasteiger partial charge in [-0.3, -0.25) is 4.79 Å². The monoisotopic (exact) mass is 458 g/mol. The number of benzene rings is 1. The number of carbonyl (C=O) groups is 2. The summed E-state index contributed by atoms with van der Waals surface area (Å²) in [5, 5.41) is -0.0374. The SMILES string of the molecule is CCOC(=O)C1(OC(C)=O)CCCCC1OC.FC(F)(F)c1cc(Cl)cc(Cl)c1. The van der Waals surface area contributed by atoms with E-state index in [9.17, 15) is 22.8 Å². The van der Waals surface area contributed by atoms with Gasteiger partial charge in [0.05, 0.1) is 12.2 Å². The number of methoxy groups -OCH3 is 1. The van der Waals surface area contributed by atoms with Gasteiger partial charge in [-0.25, -0.2) is 4.79 Å². The van der Waals surface area contributed by atoms with Gasteiger partial charge >= 0.3 is 18.1 Å². The number of halogens is 5. The summed E-state index contributed by atoms with van der Waals surface area (Å²) in [6, 6.07) is 2.90. The lowest BCUT2D eigenvalue weighted by Crippen LogP contribution is -2.56. The van der Waals surface area contributed by atoms with Crippen LogP contribution in [0.3, 0.4) is 0 Å². The average Bonchev–Trinajstić information content (AvgIpc) is 2.60. The number of hydrogen-bond acceptors (Lipinski definition) is 5. The molecule has 164 valence electrons. The standard InChI is InChI=1S/C12H20O5.C7H3Cl2F3/c1-4-16-11(14)12(17-9(2)13)8-6-5-7-10(12)15-3;8-5-1-4(7(10,11)12)2-6(9)3-5/h10H,4-8H2,1-3H3;1-3H. The molecular formula is C19H23Cl2F3O5. The van der Waals surface area contributed by atoms with Crippen LogP contribution in [0.4, 0.5) is 13.2 Å². The van der Waals surface area contributed by atoms with E-state index in [1.807, 2.05) is 0 Å². The molecule has 1 aromatic carbocycles. The Bertz CT molecular complexity index is 691. The predicted molar refractivity (Wildman–Crippen MR) is 102 cm³/mol. The first-order valence-corrected chi connectivity index (χ1v) is 9.64.